The van der Waals surface area contributed by atoms with Crippen molar-refractivity contribution in [3.8, 4) is 0 Å². The van der Waals surface area contributed by atoms with E-state index in [1.54, 1.807) is 0 Å². The number of hydrogen-bond donors (Lipinski definition) is 1. The summed E-state index contributed by atoms with van der Waals surface area (Å²) in [5.41, 5.74) is 6.53. The zero-order chi connectivity index (χ0) is 14.5. The summed E-state index contributed by atoms with van der Waals surface area (Å²) in [6.45, 7) is 1.77. The number of thiazole rings is 1. The quantitative estimate of drug-likeness (QED) is 0.917. The molecular weight excluding hydrogens is 272 g/mol. The van der Waals surface area contributed by atoms with Crippen molar-refractivity contribution in [1.29, 1.82) is 0 Å². The molecule has 1 aliphatic heterocycles. The number of nitrogen functional groups attached to an aromatic ring is 1. The summed E-state index contributed by atoms with van der Waals surface area (Å²) in [4.78, 5) is 20.7. The van der Waals surface area contributed by atoms with Crippen LogP contribution in [0.1, 0.15) is 31.4 Å². The Morgan fingerprint density at radius 3 is 2.95 bits per heavy atom. The number of nitrogens with zero attached hydrogens (tertiary/aromatic N) is 3. The van der Waals surface area contributed by atoms with Crippen LogP contribution in [-0.4, -0.2) is 53.9 Å². The summed E-state index contributed by atoms with van der Waals surface area (Å²) in [7, 11) is 4.24. The normalized spacial score (nSPS) is 20.1. The van der Waals surface area contributed by atoms with Crippen molar-refractivity contribution in [1.82, 2.24) is 14.8 Å². The van der Waals surface area contributed by atoms with Crippen molar-refractivity contribution in [2.75, 3.05) is 32.9 Å². The molecule has 0 saturated carbocycles. The molecule has 1 aromatic heterocycles. The van der Waals surface area contributed by atoms with Gasteiger partial charge in [0.2, 0.25) is 5.91 Å². The van der Waals surface area contributed by atoms with Crippen LogP contribution < -0.4 is 5.73 Å². The number of anilines is 1. The molecule has 0 aromatic carbocycles. The van der Waals surface area contributed by atoms with Gasteiger partial charge in [-0.2, -0.15) is 0 Å². The van der Waals surface area contributed by atoms with Crippen molar-refractivity contribution in [2.24, 2.45) is 0 Å². The molecular formula is C14H24N4OS. The summed E-state index contributed by atoms with van der Waals surface area (Å²) in [6.07, 6.45) is 4.58. The summed E-state index contributed by atoms with van der Waals surface area (Å²) in [5, 5.41) is 2.52. The summed E-state index contributed by atoms with van der Waals surface area (Å²) < 4.78 is 0. The molecule has 20 heavy (non-hydrogen) atoms. The molecule has 1 fully saturated rings. The first-order chi connectivity index (χ1) is 9.56. The van der Waals surface area contributed by atoms with E-state index in [0.29, 0.717) is 24.0 Å². The Morgan fingerprint density at radius 2 is 2.30 bits per heavy atom. The molecule has 2 heterocycles. The molecule has 0 aliphatic carbocycles. The average Bonchev–Trinajstić information content (AvgIpc) is 2.68. The Bertz CT molecular complexity index is 446. The third-order valence-corrected chi connectivity index (χ3v) is 4.67. The van der Waals surface area contributed by atoms with Gasteiger partial charge in [-0.3, -0.25) is 4.79 Å². The minimum absolute atomic E-state index is 0.246. The van der Waals surface area contributed by atoms with Gasteiger partial charge in [0, 0.05) is 30.9 Å². The minimum Gasteiger partial charge on any atom is -0.375 e. The lowest BCUT2D eigenvalue weighted by Crippen LogP contribution is -2.33. The van der Waals surface area contributed by atoms with Crippen LogP contribution in [0.3, 0.4) is 0 Å². The topological polar surface area (TPSA) is 62.5 Å². The fourth-order valence-electron chi connectivity index (χ4n) is 2.68. The first kappa shape index (κ1) is 15.3. The van der Waals surface area contributed by atoms with E-state index in [4.69, 9.17) is 5.73 Å². The van der Waals surface area contributed by atoms with E-state index in [9.17, 15) is 4.79 Å². The largest absolute Gasteiger partial charge is 0.375 e. The zero-order valence-electron chi connectivity index (χ0n) is 12.3. The van der Waals surface area contributed by atoms with Gasteiger partial charge in [-0.25, -0.2) is 4.98 Å². The van der Waals surface area contributed by atoms with Crippen LogP contribution in [0, 0.1) is 0 Å². The summed E-state index contributed by atoms with van der Waals surface area (Å²) >= 11 is 1.43. The molecule has 0 radical (unpaired) electrons. The monoisotopic (exact) mass is 296 g/mol. The lowest BCUT2D eigenvalue weighted by Gasteiger charge is -2.23. The highest BCUT2D eigenvalue weighted by atomic mass is 32.1. The van der Waals surface area contributed by atoms with Gasteiger partial charge < -0.3 is 15.5 Å². The van der Waals surface area contributed by atoms with Crippen LogP contribution in [0.2, 0.25) is 0 Å². The molecule has 112 valence electrons. The SMILES string of the molecule is CN(C)[C@@H]1CCCN(C(=O)CCc2csc(N)n2)CC1. The third kappa shape index (κ3) is 4.18. The number of likely N-dealkylation sites (tertiary alicyclic amines) is 1. The molecule has 2 N–H and O–H groups in total. The Hall–Kier alpha value is -1.14. The molecule has 6 heteroatoms. The Kier molecular flexibility index (Phi) is 5.37. The molecule has 0 bridgehead atoms. The van der Waals surface area contributed by atoms with Gasteiger partial charge in [0.15, 0.2) is 5.13 Å². The highest BCUT2D eigenvalue weighted by molar-refractivity contribution is 7.13. The Labute approximate surface area is 124 Å². The lowest BCUT2D eigenvalue weighted by atomic mass is 10.1. The molecule has 1 atom stereocenters. The fraction of sp³-hybridized carbons (Fsp3) is 0.714. The van der Waals surface area contributed by atoms with Gasteiger partial charge in [-0.1, -0.05) is 0 Å². The average molecular weight is 296 g/mol. The number of carbonyl (C=O) groups is 1. The number of carbonyl (C=O) groups excluding carboxylic acids is 1. The van der Waals surface area contributed by atoms with Crippen molar-refractivity contribution in [3.63, 3.8) is 0 Å². The molecule has 1 aliphatic rings. The third-order valence-electron chi connectivity index (χ3n) is 3.95. The lowest BCUT2D eigenvalue weighted by molar-refractivity contribution is -0.131. The molecule has 5 nitrogen and oxygen atoms in total. The van der Waals surface area contributed by atoms with Gasteiger partial charge in [0.25, 0.3) is 0 Å². The fourth-order valence-corrected chi connectivity index (χ4v) is 3.27. The predicted molar refractivity (Wildman–Crippen MR) is 82.8 cm³/mol. The second kappa shape index (κ2) is 7.04. The van der Waals surface area contributed by atoms with Gasteiger partial charge in [-0.15, -0.1) is 11.3 Å². The van der Waals surface area contributed by atoms with Crippen LogP contribution in [0.15, 0.2) is 5.38 Å². The van der Waals surface area contributed by atoms with Crippen molar-refractivity contribution >= 4 is 22.4 Å². The van der Waals surface area contributed by atoms with E-state index in [1.807, 2.05) is 10.3 Å². The van der Waals surface area contributed by atoms with Crippen molar-refractivity contribution in [3.05, 3.63) is 11.1 Å². The Morgan fingerprint density at radius 1 is 1.50 bits per heavy atom. The number of rotatable bonds is 4. The second-order valence-corrected chi connectivity index (χ2v) is 6.50. The van der Waals surface area contributed by atoms with E-state index in [1.165, 1.54) is 17.8 Å². The van der Waals surface area contributed by atoms with Crippen LogP contribution >= 0.6 is 11.3 Å². The van der Waals surface area contributed by atoms with Crippen molar-refractivity contribution < 1.29 is 4.79 Å². The summed E-state index contributed by atoms with van der Waals surface area (Å²) in [5.74, 6) is 0.246. The van der Waals surface area contributed by atoms with Crippen molar-refractivity contribution in [2.45, 2.75) is 38.1 Å². The van der Waals surface area contributed by atoms with Crippen LogP contribution in [-0.2, 0) is 11.2 Å². The highest BCUT2D eigenvalue weighted by Gasteiger charge is 2.21. The van der Waals surface area contributed by atoms with Gasteiger partial charge in [0.1, 0.15) is 0 Å². The first-order valence-corrected chi connectivity index (χ1v) is 8.08. The number of aromatic nitrogens is 1. The van der Waals surface area contributed by atoms with Crippen LogP contribution in [0.4, 0.5) is 5.13 Å². The molecule has 0 spiro atoms. The van der Waals surface area contributed by atoms with Gasteiger partial charge in [0.05, 0.1) is 5.69 Å². The van der Waals surface area contributed by atoms with E-state index < -0.39 is 0 Å². The maximum Gasteiger partial charge on any atom is 0.222 e. The molecule has 1 amide bonds. The number of hydrogen-bond acceptors (Lipinski definition) is 5. The van der Waals surface area contributed by atoms with Crippen LogP contribution in [0.25, 0.3) is 0 Å². The highest BCUT2D eigenvalue weighted by Crippen LogP contribution is 2.17. The van der Waals surface area contributed by atoms with E-state index in [-0.39, 0.29) is 5.91 Å². The summed E-state index contributed by atoms with van der Waals surface area (Å²) in [6, 6.07) is 0.603. The minimum atomic E-state index is 0.246. The smallest absolute Gasteiger partial charge is 0.222 e. The maximum atomic E-state index is 12.3. The Balaban J connectivity index is 1.80. The number of nitrogens with two attached hydrogens (primary N) is 1. The standard InChI is InChI=1S/C14H24N4OS/c1-17(2)12-4-3-8-18(9-7-12)13(19)6-5-11-10-20-14(15)16-11/h10,12H,3-9H2,1-2H3,(H2,15,16)/t12-/m1/s1. The van der Waals surface area contributed by atoms with E-state index >= 15 is 0 Å². The molecule has 1 saturated heterocycles. The number of amides is 1. The predicted octanol–water partition coefficient (Wildman–Crippen LogP) is 1.60. The molecule has 0 unspecified atom stereocenters. The molecule has 1 aromatic rings. The van der Waals surface area contributed by atoms with Gasteiger partial charge >= 0.3 is 0 Å². The zero-order valence-corrected chi connectivity index (χ0v) is 13.2. The maximum absolute atomic E-state index is 12.3. The van der Waals surface area contributed by atoms with E-state index in [2.05, 4.69) is 24.0 Å². The van der Waals surface area contributed by atoms with Crippen LogP contribution in [0.5, 0.6) is 0 Å². The van der Waals surface area contributed by atoms with Gasteiger partial charge in [-0.05, 0) is 39.8 Å². The number of aryl methyl sites for hydroxylation is 1. The molecule has 2 rings (SSSR count). The van der Waals surface area contributed by atoms with E-state index in [0.717, 1.165) is 31.6 Å². The first-order valence-electron chi connectivity index (χ1n) is 7.20. The second-order valence-electron chi connectivity index (χ2n) is 5.61.